The van der Waals surface area contributed by atoms with Gasteiger partial charge in [0.15, 0.2) is 18.9 Å². The second-order valence-electron chi connectivity index (χ2n) is 6.77. The van der Waals surface area contributed by atoms with Crippen molar-refractivity contribution in [2.24, 2.45) is 0 Å². The lowest BCUT2D eigenvalue weighted by Gasteiger charge is -2.03. The molecule has 5 aromatic rings. The summed E-state index contributed by atoms with van der Waals surface area (Å²) in [6.07, 6.45) is 4.23. The Hall–Kier alpha value is -3.79. The van der Waals surface area contributed by atoms with Crippen molar-refractivity contribution in [2.45, 2.75) is 6.54 Å². The molecule has 0 amide bonds. The maximum atomic E-state index is 12.2. The third-order valence-electron chi connectivity index (χ3n) is 4.85. The Morgan fingerprint density at radius 3 is 2.43 bits per heavy atom. The molecule has 0 aliphatic rings. The molecule has 5 rings (SSSR count). The molecule has 0 radical (unpaired) electrons. The first-order valence-electron chi connectivity index (χ1n) is 9.13. The van der Waals surface area contributed by atoms with Gasteiger partial charge < -0.3 is 4.42 Å². The van der Waals surface area contributed by atoms with E-state index in [-0.39, 0.29) is 5.63 Å². The van der Waals surface area contributed by atoms with Gasteiger partial charge in [0.25, 0.3) is 0 Å². The number of para-hydroxylation sites is 1. The summed E-state index contributed by atoms with van der Waals surface area (Å²) < 4.78 is 7.57. The summed E-state index contributed by atoms with van der Waals surface area (Å²) in [5.74, 6) is 0.341. The zero-order chi connectivity index (χ0) is 18.9. The van der Waals surface area contributed by atoms with Crippen molar-refractivity contribution < 1.29 is 8.98 Å². The van der Waals surface area contributed by atoms with Gasteiger partial charge in [0, 0.05) is 22.6 Å². The Bertz CT molecular complexity index is 1350. The van der Waals surface area contributed by atoms with Crippen molar-refractivity contribution >= 4 is 21.7 Å². The lowest BCUT2D eigenvalue weighted by atomic mass is 10.1. The highest BCUT2D eigenvalue weighted by Gasteiger charge is 2.09. The fourth-order valence-corrected chi connectivity index (χ4v) is 3.38. The first-order valence-corrected chi connectivity index (χ1v) is 9.13. The molecule has 2 aromatic heterocycles. The molecule has 0 fully saturated rings. The van der Waals surface area contributed by atoms with Crippen LogP contribution in [0.3, 0.4) is 0 Å². The Morgan fingerprint density at radius 2 is 1.57 bits per heavy atom. The van der Waals surface area contributed by atoms with Crippen LogP contribution >= 0.6 is 0 Å². The van der Waals surface area contributed by atoms with Crippen LogP contribution in [0.5, 0.6) is 0 Å². The zero-order valence-electron chi connectivity index (χ0n) is 15.1. The molecule has 0 atom stereocenters. The van der Waals surface area contributed by atoms with Crippen LogP contribution in [0, 0.1) is 0 Å². The maximum absolute atomic E-state index is 12.2. The van der Waals surface area contributed by atoms with Crippen LogP contribution in [0.1, 0.15) is 5.56 Å². The Kier molecular flexibility index (Phi) is 3.95. The summed E-state index contributed by atoms with van der Waals surface area (Å²) in [6.45, 7) is 0.764. The van der Waals surface area contributed by atoms with E-state index in [1.165, 1.54) is 10.8 Å². The lowest BCUT2D eigenvalue weighted by Crippen LogP contribution is -2.33. The molecule has 0 aliphatic heterocycles. The maximum Gasteiger partial charge on any atom is 0.347 e. The molecule has 134 valence electrons. The topological polar surface area (TPSA) is 47.0 Å². The number of benzene rings is 3. The average molecular weight is 365 g/mol. The minimum atomic E-state index is -0.364. The van der Waals surface area contributed by atoms with E-state index < -0.39 is 0 Å². The number of aromatic nitrogens is 2. The fourth-order valence-electron chi connectivity index (χ4n) is 3.38. The summed E-state index contributed by atoms with van der Waals surface area (Å²) in [4.78, 5) is 16.7. The number of hydrogen-bond acceptors (Lipinski definition) is 3. The number of nitrogens with zero attached hydrogens (tertiary/aromatic N) is 2. The molecule has 0 saturated carbocycles. The molecular weight excluding hydrogens is 348 g/mol. The number of pyridine rings is 1. The second kappa shape index (κ2) is 6.74. The van der Waals surface area contributed by atoms with Crippen molar-refractivity contribution in [2.75, 3.05) is 0 Å². The predicted molar refractivity (Wildman–Crippen MR) is 109 cm³/mol. The Labute approximate surface area is 161 Å². The monoisotopic (exact) mass is 365 g/mol. The third-order valence-corrected chi connectivity index (χ3v) is 4.85. The average Bonchev–Trinajstić information content (AvgIpc) is 2.74. The third kappa shape index (κ3) is 3.05. The quantitative estimate of drug-likeness (QED) is 0.447. The van der Waals surface area contributed by atoms with Gasteiger partial charge >= 0.3 is 5.63 Å². The molecule has 0 spiro atoms. The molecule has 0 bridgehead atoms. The largest absolute Gasteiger partial charge is 0.403 e. The van der Waals surface area contributed by atoms with Gasteiger partial charge in [-0.25, -0.2) is 14.3 Å². The number of rotatable bonds is 3. The number of fused-ring (bicyclic) bond motifs is 2. The van der Waals surface area contributed by atoms with Gasteiger partial charge in [-0.2, -0.15) is 0 Å². The molecule has 4 heteroatoms. The molecule has 28 heavy (non-hydrogen) atoms. The van der Waals surface area contributed by atoms with Crippen molar-refractivity contribution in [3.05, 3.63) is 107 Å². The highest BCUT2D eigenvalue weighted by Crippen LogP contribution is 2.19. The van der Waals surface area contributed by atoms with Crippen molar-refractivity contribution in [3.63, 3.8) is 0 Å². The van der Waals surface area contributed by atoms with Gasteiger partial charge in [-0.05, 0) is 35.7 Å². The van der Waals surface area contributed by atoms with Crippen LogP contribution in [-0.2, 0) is 6.54 Å². The van der Waals surface area contributed by atoms with E-state index >= 15 is 0 Å². The lowest BCUT2D eigenvalue weighted by molar-refractivity contribution is -0.687. The first-order chi connectivity index (χ1) is 13.8. The van der Waals surface area contributed by atoms with Gasteiger partial charge in [0.05, 0.1) is 10.9 Å². The van der Waals surface area contributed by atoms with Crippen LogP contribution in [0.15, 0.2) is 100 Å². The van der Waals surface area contributed by atoms with E-state index in [0.717, 1.165) is 17.7 Å². The van der Waals surface area contributed by atoms with Crippen molar-refractivity contribution in [1.29, 1.82) is 0 Å². The molecular formula is C24H17N2O2+. The van der Waals surface area contributed by atoms with E-state index in [9.17, 15) is 4.79 Å². The van der Waals surface area contributed by atoms with Crippen LogP contribution in [0.4, 0.5) is 0 Å². The highest BCUT2D eigenvalue weighted by atomic mass is 16.4. The summed E-state index contributed by atoms with van der Waals surface area (Å²) in [7, 11) is 0. The standard InChI is InChI=1S/C24H17N2O2/c27-24-21-7-3-4-8-22(21)25-23(28-24)19-11-9-17(10-12-19)15-26-14-13-18-5-1-2-6-20(18)16-26/h1-14,16H,15H2/q+1. The van der Waals surface area contributed by atoms with Gasteiger partial charge in [0.1, 0.15) is 0 Å². The van der Waals surface area contributed by atoms with Gasteiger partial charge in [-0.3, -0.25) is 0 Å². The van der Waals surface area contributed by atoms with Crippen LogP contribution in [0.25, 0.3) is 33.1 Å². The Morgan fingerprint density at radius 1 is 0.821 bits per heavy atom. The SMILES string of the molecule is O=c1oc(-c2ccc(C[n+]3ccc4ccccc4c3)cc2)nc2ccccc12. The van der Waals surface area contributed by atoms with Crippen LogP contribution in [0.2, 0.25) is 0 Å². The van der Waals surface area contributed by atoms with Crippen LogP contribution in [-0.4, -0.2) is 4.98 Å². The first kappa shape index (κ1) is 16.4. The van der Waals surface area contributed by atoms with Gasteiger partial charge in [0.2, 0.25) is 5.89 Å². The van der Waals surface area contributed by atoms with Gasteiger partial charge in [-0.1, -0.05) is 42.5 Å². The molecule has 0 unspecified atom stereocenters. The normalized spacial score (nSPS) is 11.1. The summed E-state index contributed by atoms with van der Waals surface area (Å²) in [6, 6.07) is 25.6. The summed E-state index contributed by atoms with van der Waals surface area (Å²) in [5.41, 5.74) is 2.23. The second-order valence-corrected chi connectivity index (χ2v) is 6.77. The van der Waals surface area contributed by atoms with E-state index in [0.29, 0.717) is 16.8 Å². The fraction of sp³-hybridized carbons (Fsp3) is 0.0417. The van der Waals surface area contributed by atoms with E-state index in [1.54, 1.807) is 12.1 Å². The summed E-state index contributed by atoms with van der Waals surface area (Å²) in [5, 5.41) is 2.94. The predicted octanol–water partition coefficient (Wildman–Crippen LogP) is 4.34. The van der Waals surface area contributed by atoms with E-state index in [1.807, 2.05) is 48.5 Å². The Balaban J connectivity index is 1.44. The molecule has 2 heterocycles. The molecule has 3 aromatic carbocycles. The smallest absolute Gasteiger partial charge is 0.347 e. The highest BCUT2D eigenvalue weighted by molar-refractivity contribution is 5.80. The minimum Gasteiger partial charge on any atom is -0.403 e. The van der Waals surface area contributed by atoms with Crippen molar-refractivity contribution in [1.82, 2.24) is 4.98 Å². The number of hydrogen-bond donors (Lipinski definition) is 0. The van der Waals surface area contributed by atoms with E-state index in [2.05, 4.69) is 40.1 Å². The summed E-state index contributed by atoms with van der Waals surface area (Å²) >= 11 is 0. The molecule has 4 nitrogen and oxygen atoms in total. The minimum absolute atomic E-state index is 0.341. The molecule has 0 aliphatic carbocycles. The molecule has 0 saturated heterocycles. The van der Waals surface area contributed by atoms with Crippen molar-refractivity contribution in [3.8, 4) is 11.5 Å². The molecule has 0 N–H and O–H groups in total. The van der Waals surface area contributed by atoms with Gasteiger partial charge in [-0.15, -0.1) is 0 Å². The van der Waals surface area contributed by atoms with E-state index in [4.69, 9.17) is 4.42 Å². The van der Waals surface area contributed by atoms with Crippen LogP contribution < -0.4 is 10.2 Å². The zero-order valence-corrected chi connectivity index (χ0v) is 15.1.